The van der Waals surface area contributed by atoms with Gasteiger partial charge in [0.1, 0.15) is 10.8 Å². The zero-order valence-electron chi connectivity index (χ0n) is 19.6. The number of hydrogen-bond acceptors (Lipinski definition) is 9. The maximum absolute atomic E-state index is 12.0. The smallest absolute Gasteiger partial charge is 0.254 e. The van der Waals surface area contributed by atoms with Crippen molar-refractivity contribution in [1.29, 1.82) is 0 Å². The first-order valence-corrected chi connectivity index (χ1v) is 11.8. The molecule has 0 aliphatic carbocycles. The van der Waals surface area contributed by atoms with Crippen molar-refractivity contribution in [2.24, 2.45) is 0 Å². The largest absolute Gasteiger partial charge is 0.396 e. The maximum atomic E-state index is 12.0. The Morgan fingerprint density at radius 2 is 1.91 bits per heavy atom. The normalized spacial score (nSPS) is 10.3. The van der Waals surface area contributed by atoms with Gasteiger partial charge in [0.25, 0.3) is 5.91 Å². The molecule has 0 aliphatic rings. The van der Waals surface area contributed by atoms with Gasteiger partial charge < -0.3 is 21.1 Å². The van der Waals surface area contributed by atoms with E-state index in [4.69, 9.17) is 22.4 Å². The fourth-order valence-electron chi connectivity index (χ4n) is 2.94. The molecule has 0 atom stereocenters. The SMILES string of the molecule is Cc1nnc(-c2cnc(Nc3ccc(C(=O)N(C)C)c(Cl)c3)nc2N)s1.OCCc1ccccc1. The molecule has 1 amide bonds. The monoisotopic (exact) mass is 511 g/mol. The number of rotatable bonds is 6. The Labute approximate surface area is 212 Å². The number of aromatic nitrogens is 4. The molecule has 2 aromatic heterocycles. The molecule has 0 unspecified atom stereocenters. The molecule has 35 heavy (non-hydrogen) atoms. The van der Waals surface area contributed by atoms with Crippen LogP contribution in [-0.2, 0) is 6.42 Å². The van der Waals surface area contributed by atoms with Gasteiger partial charge in [0.15, 0.2) is 5.01 Å². The first kappa shape index (κ1) is 26.0. The highest BCUT2D eigenvalue weighted by Gasteiger charge is 2.14. The van der Waals surface area contributed by atoms with Gasteiger partial charge >= 0.3 is 0 Å². The van der Waals surface area contributed by atoms with Crippen LogP contribution in [0.2, 0.25) is 5.02 Å². The van der Waals surface area contributed by atoms with Crippen LogP contribution < -0.4 is 11.1 Å². The van der Waals surface area contributed by atoms with E-state index < -0.39 is 0 Å². The van der Waals surface area contributed by atoms with Crippen LogP contribution in [0, 0.1) is 6.92 Å². The lowest BCUT2D eigenvalue weighted by molar-refractivity contribution is 0.0828. The first-order valence-electron chi connectivity index (χ1n) is 10.6. The average molecular weight is 512 g/mol. The summed E-state index contributed by atoms with van der Waals surface area (Å²) in [5.41, 5.74) is 8.90. The first-order chi connectivity index (χ1) is 16.8. The number of benzene rings is 2. The lowest BCUT2D eigenvalue weighted by Gasteiger charge is -2.13. The number of carbonyl (C=O) groups is 1. The summed E-state index contributed by atoms with van der Waals surface area (Å²) in [4.78, 5) is 22.0. The third kappa shape index (κ3) is 7.19. The number of carbonyl (C=O) groups excluding carboxylic acids is 1. The number of aryl methyl sites for hydroxylation is 1. The maximum Gasteiger partial charge on any atom is 0.254 e. The van der Waals surface area contributed by atoms with E-state index in [1.807, 2.05) is 37.3 Å². The highest BCUT2D eigenvalue weighted by atomic mass is 35.5. The predicted octanol–water partition coefficient (Wildman–Crippen LogP) is 4.21. The molecule has 4 N–H and O–H groups in total. The van der Waals surface area contributed by atoms with Crippen LogP contribution in [-0.4, -0.2) is 56.8 Å². The lowest BCUT2D eigenvalue weighted by Crippen LogP contribution is -2.21. The molecule has 0 aliphatic heterocycles. The third-order valence-electron chi connectivity index (χ3n) is 4.68. The van der Waals surface area contributed by atoms with E-state index in [2.05, 4.69) is 25.5 Å². The lowest BCUT2D eigenvalue weighted by atomic mass is 10.2. The molecule has 0 radical (unpaired) electrons. The summed E-state index contributed by atoms with van der Waals surface area (Å²) in [7, 11) is 3.34. The Morgan fingerprint density at radius 1 is 1.17 bits per heavy atom. The Kier molecular flexibility index (Phi) is 9.07. The van der Waals surface area contributed by atoms with Gasteiger partial charge in [-0.3, -0.25) is 4.79 Å². The summed E-state index contributed by atoms with van der Waals surface area (Å²) in [6, 6.07) is 15.0. The minimum atomic E-state index is -0.168. The van der Waals surface area contributed by atoms with Crippen LogP contribution in [0.1, 0.15) is 20.9 Å². The predicted molar refractivity (Wildman–Crippen MR) is 140 cm³/mol. The van der Waals surface area contributed by atoms with Gasteiger partial charge in [0.2, 0.25) is 5.95 Å². The third-order valence-corrected chi connectivity index (χ3v) is 5.86. The fraction of sp³-hybridized carbons (Fsp3) is 0.208. The van der Waals surface area contributed by atoms with Crippen LogP contribution in [0.25, 0.3) is 10.6 Å². The summed E-state index contributed by atoms with van der Waals surface area (Å²) in [5, 5.41) is 21.4. The van der Waals surface area contributed by atoms with E-state index in [9.17, 15) is 4.79 Å². The molecular weight excluding hydrogens is 486 g/mol. The van der Waals surface area contributed by atoms with Crippen LogP contribution in [0.4, 0.5) is 17.5 Å². The Hall–Kier alpha value is -3.60. The number of aliphatic hydroxyl groups is 1. The molecule has 0 saturated carbocycles. The van der Waals surface area contributed by atoms with Gasteiger partial charge in [-0.1, -0.05) is 53.3 Å². The van der Waals surface area contributed by atoms with Crippen molar-refractivity contribution in [3.05, 3.63) is 75.9 Å². The standard InChI is InChI=1S/C16H16ClN7OS.C8H10O/c1-8-22-23-14(26-8)11-7-19-16(21-13(11)18)20-9-4-5-10(12(17)6-9)15(25)24(2)3;9-7-6-8-4-2-1-3-5-8/h4-7H,1-3H3,(H3,18,19,20,21);1-5,9H,6-7H2. The number of nitrogens with zero attached hydrogens (tertiary/aromatic N) is 5. The molecule has 0 saturated heterocycles. The molecular formula is C24H26ClN7O2S. The summed E-state index contributed by atoms with van der Waals surface area (Å²) < 4.78 is 0. The summed E-state index contributed by atoms with van der Waals surface area (Å²) in [6.45, 7) is 2.10. The Bertz CT molecular complexity index is 1280. The molecule has 0 bridgehead atoms. The molecule has 4 aromatic rings. The van der Waals surface area contributed by atoms with Crippen molar-refractivity contribution in [2.75, 3.05) is 31.8 Å². The number of hydrogen-bond donors (Lipinski definition) is 3. The Balaban J connectivity index is 0.000000320. The number of amides is 1. The van der Waals surface area contributed by atoms with Crippen molar-refractivity contribution in [1.82, 2.24) is 25.1 Å². The second-order valence-electron chi connectivity index (χ2n) is 7.60. The second kappa shape index (κ2) is 12.2. The van der Waals surface area contributed by atoms with Crippen LogP contribution in [0.3, 0.4) is 0 Å². The number of nitrogens with two attached hydrogens (primary N) is 1. The van der Waals surface area contributed by atoms with Gasteiger partial charge in [-0.25, -0.2) is 4.98 Å². The number of anilines is 3. The molecule has 0 spiro atoms. The highest BCUT2D eigenvalue weighted by molar-refractivity contribution is 7.14. The quantitative estimate of drug-likeness (QED) is 0.351. The molecule has 9 nitrogen and oxygen atoms in total. The molecule has 0 fully saturated rings. The zero-order chi connectivity index (χ0) is 25.4. The van der Waals surface area contributed by atoms with E-state index in [1.165, 1.54) is 21.8 Å². The number of nitrogen functional groups attached to an aromatic ring is 1. The van der Waals surface area contributed by atoms with E-state index in [-0.39, 0.29) is 12.5 Å². The topological polar surface area (TPSA) is 130 Å². The minimum Gasteiger partial charge on any atom is -0.396 e. The molecule has 11 heteroatoms. The van der Waals surface area contributed by atoms with Gasteiger partial charge in [-0.05, 0) is 37.1 Å². The minimum absolute atomic E-state index is 0.168. The second-order valence-corrected chi connectivity index (χ2v) is 9.19. The zero-order valence-corrected chi connectivity index (χ0v) is 21.1. The van der Waals surface area contributed by atoms with Crippen molar-refractivity contribution in [3.8, 4) is 10.6 Å². The van der Waals surface area contributed by atoms with Crippen LogP contribution >= 0.6 is 22.9 Å². The van der Waals surface area contributed by atoms with Crippen LogP contribution in [0.15, 0.2) is 54.7 Å². The Morgan fingerprint density at radius 3 is 2.49 bits per heavy atom. The van der Waals surface area contributed by atoms with Gasteiger partial charge in [-0.2, -0.15) is 4.98 Å². The highest BCUT2D eigenvalue weighted by Crippen LogP contribution is 2.28. The van der Waals surface area contributed by atoms with E-state index in [0.29, 0.717) is 38.6 Å². The van der Waals surface area contributed by atoms with E-state index >= 15 is 0 Å². The van der Waals surface area contributed by atoms with Gasteiger partial charge in [0.05, 0.1) is 16.1 Å². The average Bonchev–Trinajstić information content (AvgIpc) is 3.26. The molecule has 4 rings (SSSR count). The number of nitrogens with one attached hydrogen (secondary N) is 1. The summed E-state index contributed by atoms with van der Waals surface area (Å²) in [5.74, 6) is 0.443. The summed E-state index contributed by atoms with van der Waals surface area (Å²) >= 11 is 7.62. The molecule has 2 heterocycles. The van der Waals surface area contributed by atoms with Crippen LogP contribution in [0.5, 0.6) is 0 Å². The van der Waals surface area contributed by atoms with E-state index in [1.54, 1.807) is 38.5 Å². The molecule has 2 aromatic carbocycles. The van der Waals surface area contributed by atoms with Crippen molar-refractivity contribution in [2.45, 2.75) is 13.3 Å². The molecule has 182 valence electrons. The summed E-state index contributed by atoms with van der Waals surface area (Å²) in [6.07, 6.45) is 2.36. The van der Waals surface area contributed by atoms with Gasteiger partial charge in [-0.15, -0.1) is 10.2 Å². The van der Waals surface area contributed by atoms with Crippen molar-refractivity contribution < 1.29 is 9.90 Å². The van der Waals surface area contributed by atoms with Crippen molar-refractivity contribution in [3.63, 3.8) is 0 Å². The number of aliphatic hydroxyl groups excluding tert-OH is 1. The number of halogens is 1. The van der Waals surface area contributed by atoms with Gasteiger partial charge in [0, 0.05) is 32.6 Å². The fourth-order valence-corrected chi connectivity index (χ4v) is 3.91. The van der Waals surface area contributed by atoms with E-state index in [0.717, 1.165) is 11.4 Å². The van der Waals surface area contributed by atoms with Crippen molar-refractivity contribution >= 4 is 46.3 Å².